The van der Waals surface area contributed by atoms with Crippen molar-refractivity contribution in [3.8, 4) is 0 Å². The molecule has 2 aliphatic rings. The lowest BCUT2D eigenvalue weighted by atomic mass is 9.85. The van der Waals surface area contributed by atoms with E-state index >= 15 is 0 Å². The van der Waals surface area contributed by atoms with Crippen molar-refractivity contribution in [2.75, 3.05) is 13.7 Å². The van der Waals surface area contributed by atoms with E-state index in [0.717, 1.165) is 31.3 Å². The van der Waals surface area contributed by atoms with Crippen LogP contribution in [0.4, 0.5) is 0 Å². The van der Waals surface area contributed by atoms with Crippen molar-refractivity contribution >= 4 is 11.8 Å². The maximum absolute atomic E-state index is 11.9. The molecule has 0 aliphatic heterocycles. The Morgan fingerprint density at radius 1 is 1.23 bits per heavy atom. The van der Waals surface area contributed by atoms with Gasteiger partial charge in [-0.2, -0.15) is 0 Å². The standard InChI is InChI=1S/C22H30O4/c1-15-11-17(7-8-20(14-23)16(15)2)5-4-6-18-12-19(22(25)26-3)9-10-21(24)13-18/h7-10,12,15-16,18,23H,4-6,11,13-14H2,1-3H3. The van der Waals surface area contributed by atoms with Crippen molar-refractivity contribution < 1.29 is 19.4 Å². The van der Waals surface area contributed by atoms with Gasteiger partial charge in [0.15, 0.2) is 5.78 Å². The summed E-state index contributed by atoms with van der Waals surface area (Å²) >= 11 is 0. The van der Waals surface area contributed by atoms with E-state index < -0.39 is 5.97 Å². The minimum atomic E-state index is -0.392. The Bertz CT molecular complexity index is 651. The van der Waals surface area contributed by atoms with Crippen LogP contribution in [-0.4, -0.2) is 30.6 Å². The normalized spacial score (nSPS) is 26.4. The Hall–Kier alpha value is -1.94. The number of ether oxygens (including phenoxy) is 1. The lowest BCUT2D eigenvalue weighted by Gasteiger charge is -2.20. The molecule has 1 N–H and O–H groups in total. The Labute approximate surface area is 156 Å². The third kappa shape index (κ3) is 5.53. The van der Waals surface area contributed by atoms with Crippen molar-refractivity contribution in [3.63, 3.8) is 0 Å². The third-order valence-electron chi connectivity index (χ3n) is 5.56. The predicted octanol–water partition coefficient (Wildman–Crippen LogP) is 3.92. The van der Waals surface area contributed by atoms with Gasteiger partial charge in [-0.3, -0.25) is 4.79 Å². The summed E-state index contributed by atoms with van der Waals surface area (Å²) in [6.07, 6.45) is 13.4. The summed E-state index contributed by atoms with van der Waals surface area (Å²) in [7, 11) is 1.35. The van der Waals surface area contributed by atoms with Gasteiger partial charge in [0.2, 0.25) is 0 Å². The molecule has 0 amide bonds. The lowest BCUT2D eigenvalue weighted by Crippen LogP contribution is -2.12. The molecule has 0 radical (unpaired) electrons. The minimum absolute atomic E-state index is 0.0526. The fourth-order valence-electron chi connectivity index (χ4n) is 3.69. The van der Waals surface area contributed by atoms with Gasteiger partial charge in [-0.05, 0) is 61.2 Å². The second-order valence-electron chi connectivity index (χ2n) is 7.46. The van der Waals surface area contributed by atoms with E-state index in [1.54, 1.807) is 6.08 Å². The van der Waals surface area contributed by atoms with Crippen LogP contribution in [0.2, 0.25) is 0 Å². The highest BCUT2D eigenvalue weighted by Crippen LogP contribution is 2.31. The number of hydrogen-bond acceptors (Lipinski definition) is 4. The molecule has 0 aromatic carbocycles. The molecule has 0 bridgehead atoms. The molecule has 4 nitrogen and oxygen atoms in total. The van der Waals surface area contributed by atoms with Crippen molar-refractivity contribution in [2.45, 2.75) is 46.0 Å². The number of allylic oxidation sites excluding steroid dienone is 5. The molecular weight excluding hydrogens is 328 g/mol. The summed E-state index contributed by atoms with van der Waals surface area (Å²) in [6, 6.07) is 0. The predicted molar refractivity (Wildman–Crippen MR) is 102 cm³/mol. The highest BCUT2D eigenvalue weighted by molar-refractivity contribution is 5.97. The first-order chi connectivity index (χ1) is 12.4. The van der Waals surface area contributed by atoms with E-state index in [9.17, 15) is 14.7 Å². The molecule has 0 aromatic rings. The number of esters is 1. The van der Waals surface area contributed by atoms with E-state index in [1.165, 1.54) is 18.8 Å². The summed E-state index contributed by atoms with van der Waals surface area (Å²) < 4.78 is 4.78. The van der Waals surface area contributed by atoms with Crippen molar-refractivity contribution in [3.05, 3.63) is 47.1 Å². The molecule has 0 spiro atoms. The number of hydrogen-bond donors (Lipinski definition) is 1. The SMILES string of the molecule is COC(=O)C1=CC(CCCC2=CC=C(CO)C(C)C(C)C2)CC(=O)C=C1. The lowest BCUT2D eigenvalue weighted by molar-refractivity contribution is -0.135. The maximum atomic E-state index is 11.9. The van der Waals surface area contributed by atoms with Crippen LogP contribution in [0.3, 0.4) is 0 Å². The van der Waals surface area contributed by atoms with Gasteiger partial charge in [0.05, 0.1) is 19.3 Å². The largest absolute Gasteiger partial charge is 0.465 e. The summed E-state index contributed by atoms with van der Waals surface area (Å²) in [5, 5.41) is 9.50. The Kier molecular flexibility index (Phi) is 7.58. The van der Waals surface area contributed by atoms with Gasteiger partial charge in [-0.1, -0.05) is 37.6 Å². The maximum Gasteiger partial charge on any atom is 0.337 e. The number of carbonyl (C=O) groups excluding carboxylic acids is 2. The quantitative estimate of drug-likeness (QED) is 0.731. The van der Waals surface area contributed by atoms with Crippen LogP contribution in [0.25, 0.3) is 0 Å². The molecule has 0 aromatic heterocycles. The zero-order chi connectivity index (χ0) is 19.1. The number of aliphatic hydroxyl groups excluding tert-OH is 1. The highest BCUT2D eigenvalue weighted by atomic mass is 16.5. The average Bonchev–Trinajstić information content (AvgIpc) is 2.89. The van der Waals surface area contributed by atoms with Gasteiger partial charge in [-0.15, -0.1) is 0 Å². The first-order valence-electron chi connectivity index (χ1n) is 9.45. The highest BCUT2D eigenvalue weighted by Gasteiger charge is 2.21. The van der Waals surface area contributed by atoms with Gasteiger partial charge in [-0.25, -0.2) is 4.79 Å². The topological polar surface area (TPSA) is 63.6 Å². The molecule has 3 atom stereocenters. The number of ketones is 1. The Morgan fingerprint density at radius 2 is 2.00 bits per heavy atom. The van der Waals surface area contributed by atoms with Gasteiger partial charge in [0, 0.05) is 6.42 Å². The van der Waals surface area contributed by atoms with E-state index in [0.29, 0.717) is 23.8 Å². The number of rotatable bonds is 6. The molecule has 26 heavy (non-hydrogen) atoms. The van der Waals surface area contributed by atoms with Crippen LogP contribution < -0.4 is 0 Å². The number of methoxy groups -OCH3 is 1. The molecule has 2 aliphatic carbocycles. The molecule has 0 heterocycles. The molecule has 3 unspecified atom stereocenters. The van der Waals surface area contributed by atoms with E-state index in [-0.39, 0.29) is 18.3 Å². The van der Waals surface area contributed by atoms with Gasteiger partial charge in [0.25, 0.3) is 0 Å². The number of carbonyl (C=O) groups is 2. The average molecular weight is 358 g/mol. The van der Waals surface area contributed by atoms with Gasteiger partial charge in [0.1, 0.15) is 0 Å². The van der Waals surface area contributed by atoms with E-state index in [4.69, 9.17) is 4.74 Å². The van der Waals surface area contributed by atoms with Crippen LogP contribution in [0.1, 0.15) is 46.0 Å². The van der Waals surface area contributed by atoms with Gasteiger partial charge >= 0.3 is 5.97 Å². The Morgan fingerprint density at radius 3 is 2.69 bits per heavy atom. The second-order valence-corrected chi connectivity index (χ2v) is 7.46. The van der Waals surface area contributed by atoms with E-state index in [2.05, 4.69) is 26.0 Å². The first kappa shape index (κ1) is 20.4. The summed E-state index contributed by atoms with van der Waals surface area (Å²) in [6.45, 7) is 4.52. The van der Waals surface area contributed by atoms with Crippen LogP contribution in [-0.2, 0) is 14.3 Å². The molecule has 2 rings (SSSR count). The summed E-state index contributed by atoms with van der Waals surface area (Å²) in [5.74, 6) is 0.632. The molecule has 0 fully saturated rings. The van der Waals surface area contributed by atoms with Gasteiger partial charge < -0.3 is 9.84 Å². The molecule has 0 saturated carbocycles. The summed E-state index contributed by atoms with van der Waals surface area (Å²) in [5.41, 5.74) is 2.96. The minimum Gasteiger partial charge on any atom is -0.465 e. The van der Waals surface area contributed by atoms with E-state index in [1.807, 2.05) is 6.08 Å². The van der Waals surface area contributed by atoms with Crippen molar-refractivity contribution in [2.24, 2.45) is 17.8 Å². The third-order valence-corrected chi connectivity index (χ3v) is 5.56. The molecule has 4 heteroatoms. The smallest absolute Gasteiger partial charge is 0.337 e. The Balaban J connectivity index is 1.96. The van der Waals surface area contributed by atoms with Crippen LogP contribution in [0.15, 0.2) is 47.1 Å². The fraction of sp³-hybridized carbons (Fsp3) is 0.545. The number of aliphatic hydroxyl groups is 1. The van der Waals surface area contributed by atoms with Crippen LogP contribution in [0.5, 0.6) is 0 Å². The monoisotopic (exact) mass is 358 g/mol. The van der Waals surface area contributed by atoms with Crippen molar-refractivity contribution in [1.29, 1.82) is 0 Å². The van der Waals surface area contributed by atoms with Crippen LogP contribution >= 0.6 is 0 Å². The first-order valence-corrected chi connectivity index (χ1v) is 9.45. The zero-order valence-corrected chi connectivity index (χ0v) is 16.0. The molecular formula is C22H30O4. The second kappa shape index (κ2) is 9.67. The zero-order valence-electron chi connectivity index (χ0n) is 16.0. The van der Waals surface area contributed by atoms with Crippen molar-refractivity contribution in [1.82, 2.24) is 0 Å². The molecule has 0 saturated heterocycles. The molecule has 142 valence electrons. The van der Waals surface area contributed by atoms with Crippen LogP contribution in [0, 0.1) is 17.8 Å². The summed E-state index contributed by atoms with van der Waals surface area (Å²) in [4.78, 5) is 23.7. The fourth-order valence-corrected chi connectivity index (χ4v) is 3.69.